The molecular weight excluding hydrogens is 501 g/mol. The fraction of sp³-hybridized carbons (Fsp3) is 0.179. The van der Waals surface area contributed by atoms with E-state index in [0.29, 0.717) is 43.2 Å². The van der Waals surface area contributed by atoms with Gasteiger partial charge in [-0.2, -0.15) is 4.98 Å². The van der Waals surface area contributed by atoms with Crippen molar-refractivity contribution in [3.63, 3.8) is 0 Å². The highest BCUT2D eigenvalue weighted by atomic mass is 19.1. The number of nitrogens with one attached hydrogen (secondary N) is 2. The molecule has 198 valence electrons. The molecule has 10 nitrogen and oxygen atoms in total. The maximum absolute atomic E-state index is 15.1. The van der Waals surface area contributed by atoms with Crippen molar-refractivity contribution in [2.45, 2.75) is 6.92 Å². The van der Waals surface area contributed by atoms with Gasteiger partial charge in [-0.05, 0) is 42.5 Å². The first kappa shape index (κ1) is 25.6. The Labute approximate surface area is 223 Å². The van der Waals surface area contributed by atoms with Gasteiger partial charge in [0.25, 0.3) is 0 Å². The second-order valence-electron chi connectivity index (χ2n) is 9.01. The third kappa shape index (κ3) is 5.47. The van der Waals surface area contributed by atoms with Crippen molar-refractivity contribution in [3.05, 3.63) is 89.6 Å². The van der Waals surface area contributed by atoms with Gasteiger partial charge in [0.2, 0.25) is 17.8 Å². The van der Waals surface area contributed by atoms with Crippen LogP contribution in [0.3, 0.4) is 0 Å². The van der Waals surface area contributed by atoms with E-state index in [0.717, 1.165) is 5.69 Å². The van der Waals surface area contributed by atoms with E-state index in [2.05, 4.69) is 27.2 Å². The molecule has 0 spiro atoms. The number of carbonyl (C=O) groups is 2. The number of benzene rings is 2. The van der Waals surface area contributed by atoms with Gasteiger partial charge in [-0.1, -0.05) is 12.6 Å². The van der Waals surface area contributed by atoms with Gasteiger partial charge >= 0.3 is 0 Å². The topological polar surface area (TPSA) is 112 Å². The van der Waals surface area contributed by atoms with E-state index < -0.39 is 5.82 Å². The number of amides is 2. The molecule has 2 N–H and O–H groups in total. The van der Waals surface area contributed by atoms with Crippen molar-refractivity contribution in [2.24, 2.45) is 0 Å². The summed E-state index contributed by atoms with van der Waals surface area (Å²) in [7, 11) is 0. The standard InChI is InChI=1S/C28H26FN7O3/c1-3-26(39)31-19-5-4-6-21(15-19)36-10-9-25(38)22-17-30-28(33-27(22)36)32-24-8-7-20(16-23(24)29)35-13-11-34(12-14-35)18(2)37/h3-10,15-17H,1,11-14H2,2H3,(H,31,39)(H,30,32,33). The number of rotatable bonds is 6. The maximum Gasteiger partial charge on any atom is 0.247 e. The van der Waals surface area contributed by atoms with E-state index in [1.807, 2.05) is 4.90 Å². The number of nitrogens with zero attached hydrogens (tertiary/aromatic N) is 5. The lowest BCUT2D eigenvalue weighted by Gasteiger charge is -2.35. The number of hydrogen-bond donors (Lipinski definition) is 2. The fourth-order valence-electron chi connectivity index (χ4n) is 4.43. The van der Waals surface area contributed by atoms with Crippen LogP contribution in [0.5, 0.6) is 0 Å². The molecule has 1 fully saturated rings. The second kappa shape index (κ2) is 10.7. The highest BCUT2D eigenvalue weighted by molar-refractivity contribution is 5.99. The van der Waals surface area contributed by atoms with Crippen molar-refractivity contribution in [2.75, 3.05) is 41.7 Å². The lowest BCUT2D eigenvalue weighted by atomic mass is 10.2. The van der Waals surface area contributed by atoms with Crippen LogP contribution in [0.15, 0.2) is 78.4 Å². The number of anilines is 4. The van der Waals surface area contributed by atoms with Gasteiger partial charge in [0, 0.05) is 68.6 Å². The minimum Gasteiger partial charge on any atom is -0.368 e. The smallest absolute Gasteiger partial charge is 0.247 e. The van der Waals surface area contributed by atoms with E-state index in [4.69, 9.17) is 0 Å². The van der Waals surface area contributed by atoms with Gasteiger partial charge in [-0.15, -0.1) is 0 Å². The Morgan fingerprint density at radius 3 is 2.56 bits per heavy atom. The van der Waals surface area contributed by atoms with Gasteiger partial charge in [-0.25, -0.2) is 9.37 Å². The Kier molecular flexibility index (Phi) is 7.04. The zero-order valence-corrected chi connectivity index (χ0v) is 21.2. The maximum atomic E-state index is 15.1. The lowest BCUT2D eigenvalue weighted by molar-refractivity contribution is -0.129. The molecule has 5 rings (SSSR count). The van der Waals surface area contributed by atoms with Crippen LogP contribution < -0.4 is 21.0 Å². The normalized spacial score (nSPS) is 13.3. The van der Waals surface area contributed by atoms with Crippen LogP contribution in [0.4, 0.5) is 27.4 Å². The summed E-state index contributed by atoms with van der Waals surface area (Å²) in [6.07, 6.45) is 4.15. The molecule has 2 aromatic heterocycles. The molecule has 11 heteroatoms. The molecular formula is C28H26FN7O3. The fourth-order valence-corrected chi connectivity index (χ4v) is 4.43. The number of halogens is 1. The van der Waals surface area contributed by atoms with Crippen LogP contribution in [0, 0.1) is 5.82 Å². The number of hydrogen-bond acceptors (Lipinski definition) is 7. The van der Waals surface area contributed by atoms with E-state index >= 15 is 4.39 Å². The van der Waals surface area contributed by atoms with Gasteiger partial charge in [0.15, 0.2) is 11.1 Å². The molecule has 2 amide bonds. The Bertz CT molecular complexity index is 1640. The molecule has 1 saturated heterocycles. The predicted molar refractivity (Wildman–Crippen MR) is 148 cm³/mol. The first-order valence-corrected chi connectivity index (χ1v) is 12.3. The molecule has 0 atom stereocenters. The van der Waals surface area contributed by atoms with Crippen molar-refractivity contribution < 1.29 is 14.0 Å². The third-order valence-electron chi connectivity index (χ3n) is 6.50. The van der Waals surface area contributed by atoms with Gasteiger partial charge in [0.05, 0.1) is 11.1 Å². The van der Waals surface area contributed by atoms with Gasteiger partial charge in [0.1, 0.15) is 5.82 Å². The average Bonchev–Trinajstić information content (AvgIpc) is 2.94. The Morgan fingerprint density at radius 2 is 1.85 bits per heavy atom. The predicted octanol–water partition coefficient (Wildman–Crippen LogP) is 3.46. The highest BCUT2D eigenvalue weighted by Gasteiger charge is 2.20. The lowest BCUT2D eigenvalue weighted by Crippen LogP contribution is -2.48. The zero-order valence-electron chi connectivity index (χ0n) is 21.2. The second-order valence-corrected chi connectivity index (χ2v) is 9.01. The molecule has 39 heavy (non-hydrogen) atoms. The summed E-state index contributed by atoms with van der Waals surface area (Å²) in [5.74, 6) is -0.688. The summed E-state index contributed by atoms with van der Waals surface area (Å²) in [6.45, 7) is 7.43. The Morgan fingerprint density at radius 1 is 1.05 bits per heavy atom. The van der Waals surface area contributed by atoms with Crippen LogP contribution in [0.1, 0.15) is 6.92 Å². The summed E-state index contributed by atoms with van der Waals surface area (Å²) >= 11 is 0. The molecule has 2 aromatic carbocycles. The van der Waals surface area contributed by atoms with Crippen LogP contribution in [0.25, 0.3) is 16.7 Å². The minimum absolute atomic E-state index is 0.0355. The Balaban J connectivity index is 1.42. The van der Waals surface area contributed by atoms with Crippen molar-refractivity contribution >= 4 is 45.9 Å². The number of fused-ring (bicyclic) bond motifs is 1. The van der Waals surface area contributed by atoms with E-state index in [1.54, 1.807) is 59.0 Å². The number of piperazine rings is 1. The molecule has 0 saturated carbocycles. The number of aromatic nitrogens is 3. The van der Waals surface area contributed by atoms with Crippen LogP contribution in [0.2, 0.25) is 0 Å². The van der Waals surface area contributed by atoms with Gasteiger partial charge in [-0.3, -0.25) is 14.4 Å². The molecule has 0 unspecified atom stereocenters. The quantitative estimate of drug-likeness (QED) is 0.370. The largest absolute Gasteiger partial charge is 0.368 e. The highest BCUT2D eigenvalue weighted by Crippen LogP contribution is 2.26. The molecule has 3 heterocycles. The summed E-state index contributed by atoms with van der Waals surface area (Å²) in [5, 5.41) is 5.90. The van der Waals surface area contributed by atoms with Crippen LogP contribution in [-0.4, -0.2) is 57.4 Å². The van der Waals surface area contributed by atoms with E-state index in [-0.39, 0.29) is 34.3 Å². The monoisotopic (exact) mass is 527 g/mol. The van der Waals surface area contributed by atoms with E-state index in [1.165, 1.54) is 24.4 Å². The molecule has 4 aromatic rings. The van der Waals surface area contributed by atoms with Crippen molar-refractivity contribution in [1.82, 2.24) is 19.4 Å². The first-order chi connectivity index (χ1) is 18.8. The van der Waals surface area contributed by atoms with Crippen molar-refractivity contribution in [1.29, 1.82) is 0 Å². The van der Waals surface area contributed by atoms with Gasteiger partial charge < -0.3 is 25.0 Å². The third-order valence-corrected chi connectivity index (χ3v) is 6.50. The molecule has 1 aliphatic rings. The van der Waals surface area contributed by atoms with Crippen LogP contribution >= 0.6 is 0 Å². The Hall–Kier alpha value is -5.06. The summed E-state index contributed by atoms with van der Waals surface area (Å²) in [5.41, 5.74) is 2.14. The SMILES string of the molecule is C=CC(=O)Nc1cccc(-n2ccc(=O)c3cnc(Nc4ccc(N5CCN(C(C)=O)CC5)cc4F)nc32)c1. The molecule has 0 radical (unpaired) electrons. The summed E-state index contributed by atoms with van der Waals surface area (Å²) in [6, 6.07) is 13.3. The first-order valence-electron chi connectivity index (χ1n) is 12.3. The molecule has 1 aliphatic heterocycles. The van der Waals surface area contributed by atoms with Crippen LogP contribution in [-0.2, 0) is 9.59 Å². The average molecular weight is 528 g/mol. The number of carbonyl (C=O) groups excluding carboxylic acids is 2. The minimum atomic E-state index is -0.485. The molecule has 0 aliphatic carbocycles. The summed E-state index contributed by atoms with van der Waals surface area (Å²) in [4.78, 5) is 48.4. The zero-order chi connectivity index (χ0) is 27.5. The van der Waals surface area contributed by atoms with Crippen molar-refractivity contribution in [3.8, 4) is 5.69 Å². The van der Waals surface area contributed by atoms with E-state index in [9.17, 15) is 14.4 Å². The summed E-state index contributed by atoms with van der Waals surface area (Å²) < 4.78 is 16.8. The molecule has 0 bridgehead atoms. The number of pyridine rings is 1.